The second-order valence-electron chi connectivity index (χ2n) is 5.25. The van der Waals surface area contributed by atoms with Crippen molar-refractivity contribution in [1.29, 1.82) is 0 Å². The van der Waals surface area contributed by atoms with E-state index < -0.39 is 0 Å². The predicted octanol–water partition coefficient (Wildman–Crippen LogP) is 3.10. The molecule has 0 saturated carbocycles. The molecule has 1 N–H and O–H groups in total. The molecule has 0 radical (unpaired) electrons. The zero-order chi connectivity index (χ0) is 15.9. The number of aromatic hydroxyl groups is 1. The third kappa shape index (κ3) is 4.70. The molecule has 0 aromatic heterocycles. The van der Waals surface area contributed by atoms with E-state index in [9.17, 15) is 20.0 Å². The summed E-state index contributed by atoms with van der Waals surface area (Å²) >= 11 is 0. The molecule has 0 aliphatic heterocycles. The average Bonchev–Trinajstić information content (AvgIpc) is 2.48. The maximum atomic E-state index is 12.2. The molecule has 1 atom stereocenters. The Morgan fingerprint density at radius 2 is 1.73 bits per heavy atom. The number of carbonyl (C=O) groups excluding carboxylic acids is 1. The molecule has 0 aliphatic rings. The highest BCUT2D eigenvalue weighted by atomic mass is 16.6. The van der Waals surface area contributed by atoms with E-state index in [-0.39, 0.29) is 35.3 Å². The Bertz CT molecular complexity index is 637. The molecule has 2 aromatic carbocycles. The minimum atomic E-state index is -0.377. The molecular weight excluding hydrogens is 282 g/mol. The number of Topliss-reactive ketones (excluding diaryl/α,β-unsaturated/α-hetero) is 1. The van der Waals surface area contributed by atoms with Gasteiger partial charge in [-0.2, -0.15) is 0 Å². The summed E-state index contributed by atoms with van der Waals surface area (Å²) in [5.41, 5.74) is 1.44. The summed E-state index contributed by atoms with van der Waals surface area (Å²) in [5, 5.41) is 20.1. The van der Waals surface area contributed by atoms with Crippen molar-refractivity contribution < 1.29 is 14.8 Å². The molecule has 0 fully saturated rings. The zero-order valence-corrected chi connectivity index (χ0v) is 12.0. The molecule has 0 amide bonds. The quantitative estimate of drug-likeness (QED) is 0.484. The number of hydrogen-bond acceptors (Lipinski definition) is 4. The smallest absolute Gasteiger partial charge is 0.207 e. The molecule has 22 heavy (non-hydrogen) atoms. The molecule has 0 aliphatic carbocycles. The number of nitrogens with zero attached hydrogens (tertiary/aromatic N) is 1. The molecule has 0 spiro atoms. The van der Waals surface area contributed by atoms with Crippen LogP contribution in [-0.4, -0.2) is 22.4 Å². The Balaban J connectivity index is 2.07. The van der Waals surface area contributed by atoms with Crippen molar-refractivity contribution in [2.75, 3.05) is 6.54 Å². The molecule has 114 valence electrons. The van der Waals surface area contributed by atoms with Crippen LogP contribution in [0.4, 0.5) is 0 Å². The zero-order valence-electron chi connectivity index (χ0n) is 12.0. The van der Waals surface area contributed by atoms with E-state index in [1.165, 1.54) is 24.3 Å². The van der Waals surface area contributed by atoms with Gasteiger partial charge in [0.25, 0.3) is 0 Å². The lowest BCUT2D eigenvalue weighted by Crippen LogP contribution is -2.20. The van der Waals surface area contributed by atoms with Crippen LogP contribution in [0.25, 0.3) is 0 Å². The summed E-state index contributed by atoms with van der Waals surface area (Å²) in [6.45, 7) is -0.237. The average molecular weight is 299 g/mol. The number of carbonyl (C=O) groups is 1. The van der Waals surface area contributed by atoms with Crippen LogP contribution in [0, 0.1) is 16.0 Å². The Morgan fingerprint density at radius 3 is 2.32 bits per heavy atom. The van der Waals surface area contributed by atoms with Crippen molar-refractivity contribution in [1.82, 2.24) is 0 Å². The fourth-order valence-corrected chi connectivity index (χ4v) is 2.39. The number of rotatable bonds is 7. The van der Waals surface area contributed by atoms with E-state index in [2.05, 4.69) is 0 Å². The summed E-state index contributed by atoms with van der Waals surface area (Å²) in [4.78, 5) is 22.7. The normalized spacial score (nSPS) is 11.8. The molecule has 2 aromatic rings. The van der Waals surface area contributed by atoms with E-state index >= 15 is 0 Å². The number of phenolic OH excluding ortho intramolecular Hbond substituents is 1. The number of benzene rings is 2. The first-order valence-corrected chi connectivity index (χ1v) is 7.02. The molecule has 5 heteroatoms. The van der Waals surface area contributed by atoms with Gasteiger partial charge in [-0.1, -0.05) is 30.3 Å². The summed E-state index contributed by atoms with van der Waals surface area (Å²) < 4.78 is 0. The largest absolute Gasteiger partial charge is 0.508 e. The van der Waals surface area contributed by atoms with Gasteiger partial charge < -0.3 is 5.11 Å². The Hall–Kier alpha value is -2.69. The van der Waals surface area contributed by atoms with Gasteiger partial charge in [0.15, 0.2) is 5.78 Å². The molecule has 0 saturated heterocycles. The van der Waals surface area contributed by atoms with Crippen LogP contribution in [0.3, 0.4) is 0 Å². The molecule has 0 bridgehead atoms. The van der Waals surface area contributed by atoms with Crippen LogP contribution in [0.1, 0.15) is 22.3 Å². The fraction of sp³-hybridized carbons (Fsp3) is 0.235. The first-order chi connectivity index (χ1) is 10.5. The van der Waals surface area contributed by atoms with Gasteiger partial charge in [0, 0.05) is 22.8 Å². The highest BCUT2D eigenvalue weighted by Crippen LogP contribution is 2.18. The number of ketones is 1. The van der Waals surface area contributed by atoms with Crippen molar-refractivity contribution >= 4 is 5.78 Å². The number of nitro groups is 1. The van der Waals surface area contributed by atoms with Gasteiger partial charge in [-0.25, -0.2) is 0 Å². The van der Waals surface area contributed by atoms with Crippen LogP contribution < -0.4 is 0 Å². The standard InChI is InChI=1S/C17H17NO4/c19-16-8-6-15(7-9-16)17(20)11-14(12-18(21)22)10-13-4-2-1-3-5-13/h1-9,14,19H,10-12H2. The van der Waals surface area contributed by atoms with E-state index in [0.29, 0.717) is 12.0 Å². The van der Waals surface area contributed by atoms with E-state index in [4.69, 9.17) is 0 Å². The highest BCUT2D eigenvalue weighted by Gasteiger charge is 2.20. The molecular formula is C17H17NO4. The van der Waals surface area contributed by atoms with Gasteiger partial charge in [-0.3, -0.25) is 14.9 Å². The SMILES string of the molecule is O=C(CC(Cc1ccccc1)C[N+](=O)[O-])c1ccc(O)cc1. The lowest BCUT2D eigenvalue weighted by Gasteiger charge is -2.12. The summed E-state index contributed by atoms with van der Waals surface area (Å²) in [6, 6.07) is 15.4. The number of hydrogen-bond donors (Lipinski definition) is 1. The number of phenols is 1. The Kier molecular flexibility index (Phi) is 5.25. The van der Waals surface area contributed by atoms with Gasteiger partial charge >= 0.3 is 0 Å². The minimum Gasteiger partial charge on any atom is -0.508 e. The third-order valence-corrected chi connectivity index (χ3v) is 3.44. The van der Waals surface area contributed by atoms with Crippen molar-refractivity contribution in [3.05, 3.63) is 75.8 Å². The maximum Gasteiger partial charge on any atom is 0.207 e. The second kappa shape index (κ2) is 7.36. The van der Waals surface area contributed by atoms with Gasteiger partial charge in [0.05, 0.1) is 0 Å². The molecule has 0 heterocycles. The second-order valence-corrected chi connectivity index (χ2v) is 5.25. The monoisotopic (exact) mass is 299 g/mol. The molecule has 5 nitrogen and oxygen atoms in total. The summed E-state index contributed by atoms with van der Waals surface area (Å²) in [7, 11) is 0. The van der Waals surface area contributed by atoms with Crippen molar-refractivity contribution in [3.8, 4) is 5.75 Å². The van der Waals surface area contributed by atoms with Crippen molar-refractivity contribution in [3.63, 3.8) is 0 Å². The summed E-state index contributed by atoms with van der Waals surface area (Å²) in [5.74, 6) is -0.413. The van der Waals surface area contributed by atoms with Gasteiger partial charge in [0.2, 0.25) is 6.54 Å². The van der Waals surface area contributed by atoms with E-state index in [1.807, 2.05) is 30.3 Å². The predicted molar refractivity (Wildman–Crippen MR) is 82.6 cm³/mol. The minimum absolute atomic E-state index is 0.0858. The fourth-order valence-electron chi connectivity index (χ4n) is 2.39. The van der Waals surface area contributed by atoms with Gasteiger partial charge in [0.1, 0.15) is 5.75 Å². The van der Waals surface area contributed by atoms with Crippen LogP contribution in [0.15, 0.2) is 54.6 Å². The van der Waals surface area contributed by atoms with Gasteiger partial charge in [-0.15, -0.1) is 0 Å². The van der Waals surface area contributed by atoms with Gasteiger partial charge in [-0.05, 0) is 36.2 Å². The van der Waals surface area contributed by atoms with Crippen molar-refractivity contribution in [2.24, 2.45) is 5.92 Å². The molecule has 2 rings (SSSR count). The van der Waals surface area contributed by atoms with Crippen LogP contribution in [0.5, 0.6) is 5.75 Å². The first kappa shape index (κ1) is 15.7. The first-order valence-electron chi connectivity index (χ1n) is 7.02. The lowest BCUT2D eigenvalue weighted by molar-refractivity contribution is -0.487. The topological polar surface area (TPSA) is 80.4 Å². The Morgan fingerprint density at radius 1 is 1.09 bits per heavy atom. The van der Waals surface area contributed by atoms with Crippen molar-refractivity contribution in [2.45, 2.75) is 12.8 Å². The van der Waals surface area contributed by atoms with Crippen LogP contribution in [-0.2, 0) is 6.42 Å². The third-order valence-electron chi connectivity index (χ3n) is 3.44. The lowest BCUT2D eigenvalue weighted by atomic mass is 9.92. The van der Waals surface area contributed by atoms with E-state index in [0.717, 1.165) is 5.56 Å². The van der Waals surface area contributed by atoms with E-state index in [1.54, 1.807) is 0 Å². The highest BCUT2D eigenvalue weighted by molar-refractivity contribution is 5.96. The van der Waals surface area contributed by atoms with Crippen LogP contribution in [0.2, 0.25) is 0 Å². The Labute approximate surface area is 128 Å². The van der Waals surface area contributed by atoms with Crippen LogP contribution >= 0.6 is 0 Å². The maximum absolute atomic E-state index is 12.2. The summed E-state index contributed by atoms with van der Waals surface area (Å²) in [6.07, 6.45) is 0.603. The molecule has 1 unspecified atom stereocenters.